The zero-order valence-corrected chi connectivity index (χ0v) is 10.4. The van der Waals surface area contributed by atoms with E-state index in [1.54, 1.807) is 0 Å². The number of likely N-dealkylation sites (tertiary alicyclic amines) is 1. The number of rotatable bonds is 4. The van der Waals surface area contributed by atoms with E-state index in [4.69, 9.17) is 0 Å². The maximum absolute atomic E-state index is 11.7. The largest absolute Gasteiger partial charge is 0.350 e. The van der Waals surface area contributed by atoms with Crippen LogP contribution in [0.1, 0.15) is 38.5 Å². The average Bonchev–Trinajstić information content (AvgIpc) is 2.68. The van der Waals surface area contributed by atoms with Gasteiger partial charge in [0.1, 0.15) is 0 Å². The first kappa shape index (κ1) is 12.8. The molecule has 1 aliphatic heterocycles. The molecule has 0 aromatic heterocycles. The van der Waals surface area contributed by atoms with Crippen LogP contribution < -0.4 is 5.32 Å². The fourth-order valence-electron chi connectivity index (χ4n) is 2.30. The highest BCUT2D eigenvalue weighted by Crippen LogP contribution is 2.13. The molecule has 5 heteroatoms. The van der Waals surface area contributed by atoms with Crippen LogP contribution in [0, 0.1) is 0 Å². The number of nitrogens with one attached hydrogen (secondary N) is 1. The Balaban J connectivity index is 1.74. The molecule has 0 aromatic rings. The van der Waals surface area contributed by atoms with Gasteiger partial charge in [-0.25, -0.2) is 0 Å². The second-order valence-electron chi connectivity index (χ2n) is 4.72. The van der Waals surface area contributed by atoms with Gasteiger partial charge in [0.25, 0.3) is 0 Å². The van der Waals surface area contributed by atoms with E-state index < -0.39 is 0 Å². The third-order valence-corrected chi connectivity index (χ3v) is 3.32. The third-order valence-electron chi connectivity index (χ3n) is 3.32. The van der Waals surface area contributed by atoms with Crippen LogP contribution >= 0.6 is 0 Å². The first-order valence-electron chi connectivity index (χ1n) is 6.46. The third kappa shape index (κ3) is 3.18. The number of allylic oxidation sites excluding steroid dienone is 1. The van der Waals surface area contributed by atoms with E-state index in [0.29, 0.717) is 0 Å². The summed E-state index contributed by atoms with van der Waals surface area (Å²) in [6.07, 6.45) is 7.96. The zero-order valence-electron chi connectivity index (χ0n) is 10.4. The Hall–Kier alpha value is -1.65. The molecule has 1 N–H and O–H groups in total. The molecule has 0 aromatic carbocycles. The van der Waals surface area contributed by atoms with E-state index in [2.05, 4.69) is 11.4 Å². The summed E-state index contributed by atoms with van der Waals surface area (Å²) < 4.78 is 0. The number of hydrogen-bond acceptors (Lipinski definition) is 3. The quantitative estimate of drug-likeness (QED) is 0.591. The van der Waals surface area contributed by atoms with Gasteiger partial charge in [-0.1, -0.05) is 12.2 Å². The minimum atomic E-state index is -0.162. The Morgan fingerprint density at radius 2 is 2.06 bits per heavy atom. The van der Waals surface area contributed by atoms with Crippen molar-refractivity contribution in [3.05, 3.63) is 12.2 Å². The Kier molecular flexibility index (Phi) is 4.12. The molecule has 0 saturated carbocycles. The van der Waals surface area contributed by atoms with Crippen molar-refractivity contribution in [3.8, 4) is 0 Å². The number of hydrogen-bond donors (Lipinski definition) is 1. The molecular weight excluding hydrogens is 232 g/mol. The molecule has 1 atom stereocenters. The van der Waals surface area contributed by atoms with E-state index in [-0.39, 0.29) is 49.6 Å². The van der Waals surface area contributed by atoms with Crippen molar-refractivity contribution >= 4 is 17.7 Å². The van der Waals surface area contributed by atoms with Gasteiger partial charge in [0, 0.05) is 31.8 Å². The van der Waals surface area contributed by atoms with Crippen LogP contribution in [0.3, 0.4) is 0 Å². The lowest BCUT2D eigenvalue weighted by Crippen LogP contribution is -2.38. The predicted octanol–water partition coefficient (Wildman–Crippen LogP) is 0.750. The highest BCUT2D eigenvalue weighted by atomic mass is 16.2. The maximum Gasteiger partial charge on any atom is 0.229 e. The number of amides is 3. The Morgan fingerprint density at radius 3 is 2.67 bits per heavy atom. The molecule has 2 aliphatic rings. The second kappa shape index (κ2) is 5.80. The van der Waals surface area contributed by atoms with E-state index in [1.807, 2.05) is 6.08 Å². The summed E-state index contributed by atoms with van der Waals surface area (Å²) in [5, 5.41) is 2.90. The van der Waals surface area contributed by atoms with Gasteiger partial charge in [0.05, 0.1) is 0 Å². The molecule has 1 fully saturated rings. The summed E-state index contributed by atoms with van der Waals surface area (Å²) in [6.45, 7) is 0.208. The molecule has 18 heavy (non-hydrogen) atoms. The summed E-state index contributed by atoms with van der Waals surface area (Å²) in [5.74, 6) is -0.422. The predicted molar refractivity (Wildman–Crippen MR) is 65.5 cm³/mol. The van der Waals surface area contributed by atoms with Gasteiger partial charge < -0.3 is 5.32 Å². The molecule has 3 amide bonds. The lowest BCUT2D eigenvalue weighted by atomic mass is 10.0. The van der Waals surface area contributed by atoms with Crippen molar-refractivity contribution in [2.75, 3.05) is 6.54 Å². The van der Waals surface area contributed by atoms with E-state index in [0.717, 1.165) is 19.3 Å². The van der Waals surface area contributed by atoms with Gasteiger partial charge in [-0.15, -0.1) is 0 Å². The van der Waals surface area contributed by atoms with Gasteiger partial charge in [-0.2, -0.15) is 0 Å². The van der Waals surface area contributed by atoms with Gasteiger partial charge in [-0.05, 0) is 19.3 Å². The number of nitrogens with zero attached hydrogens (tertiary/aromatic N) is 1. The Bertz CT molecular complexity index is 374. The monoisotopic (exact) mass is 250 g/mol. The van der Waals surface area contributed by atoms with Crippen LogP contribution in [0.5, 0.6) is 0 Å². The highest BCUT2D eigenvalue weighted by molar-refractivity contribution is 6.02. The molecule has 0 spiro atoms. The summed E-state index contributed by atoms with van der Waals surface area (Å²) in [5.41, 5.74) is 0. The van der Waals surface area contributed by atoms with E-state index >= 15 is 0 Å². The molecule has 0 bridgehead atoms. The fraction of sp³-hybridized carbons (Fsp3) is 0.615. The summed E-state index contributed by atoms with van der Waals surface area (Å²) in [7, 11) is 0. The Labute approximate surface area is 106 Å². The van der Waals surface area contributed by atoms with Gasteiger partial charge >= 0.3 is 0 Å². The van der Waals surface area contributed by atoms with Crippen molar-refractivity contribution < 1.29 is 14.4 Å². The standard InChI is InChI=1S/C13H18N2O3/c16-11(14-10-4-2-1-3-5-10)8-9-15-12(17)6-7-13(15)18/h2,4,10H,1,3,5-9H2,(H,14,16)/t10-/m0/s1. The minimum absolute atomic E-state index is 0.0981. The van der Waals surface area contributed by atoms with Crippen LogP contribution in [0.25, 0.3) is 0 Å². The van der Waals surface area contributed by atoms with Crippen LogP contribution in [-0.4, -0.2) is 35.2 Å². The van der Waals surface area contributed by atoms with Gasteiger partial charge in [0.2, 0.25) is 17.7 Å². The fourth-order valence-corrected chi connectivity index (χ4v) is 2.30. The lowest BCUT2D eigenvalue weighted by molar-refractivity contribution is -0.138. The van der Waals surface area contributed by atoms with Crippen molar-refractivity contribution in [1.29, 1.82) is 0 Å². The second-order valence-corrected chi connectivity index (χ2v) is 4.72. The van der Waals surface area contributed by atoms with Gasteiger partial charge in [-0.3, -0.25) is 19.3 Å². The zero-order chi connectivity index (χ0) is 13.0. The highest BCUT2D eigenvalue weighted by Gasteiger charge is 2.28. The van der Waals surface area contributed by atoms with E-state index in [9.17, 15) is 14.4 Å². The molecule has 1 saturated heterocycles. The van der Waals surface area contributed by atoms with Crippen molar-refractivity contribution in [2.24, 2.45) is 0 Å². The lowest BCUT2D eigenvalue weighted by Gasteiger charge is -2.19. The molecular formula is C13H18N2O3. The van der Waals surface area contributed by atoms with Crippen LogP contribution in [-0.2, 0) is 14.4 Å². The van der Waals surface area contributed by atoms with Crippen molar-refractivity contribution in [1.82, 2.24) is 10.2 Å². The van der Waals surface area contributed by atoms with E-state index in [1.165, 1.54) is 4.90 Å². The van der Waals surface area contributed by atoms with Crippen LogP contribution in [0.2, 0.25) is 0 Å². The van der Waals surface area contributed by atoms with Crippen molar-refractivity contribution in [3.63, 3.8) is 0 Å². The molecule has 0 radical (unpaired) electrons. The minimum Gasteiger partial charge on any atom is -0.350 e. The van der Waals surface area contributed by atoms with Crippen LogP contribution in [0.15, 0.2) is 12.2 Å². The average molecular weight is 250 g/mol. The van der Waals surface area contributed by atoms with Crippen molar-refractivity contribution in [2.45, 2.75) is 44.6 Å². The molecule has 2 rings (SSSR count). The maximum atomic E-state index is 11.7. The summed E-state index contributed by atoms with van der Waals surface area (Å²) in [4.78, 5) is 35.6. The van der Waals surface area contributed by atoms with Gasteiger partial charge in [0.15, 0.2) is 0 Å². The number of carbonyl (C=O) groups excluding carboxylic acids is 3. The Morgan fingerprint density at radius 1 is 1.33 bits per heavy atom. The number of imide groups is 1. The summed E-state index contributed by atoms with van der Waals surface area (Å²) in [6, 6.07) is 0.108. The molecule has 1 heterocycles. The molecule has 1 aliphatic carbocycles. The summed E-state index contributed by atoms with van der Waals surface area (Å²) >= 11 is 0. The first-order chi connectivity index (χ1) is 8.66. The topological polar surface area (TPSA) is 66.5 Å². The molecule has 98 valence electrons. The first-order valence-corrected chi connectivity index (χ1v) is 6.46. The molecule has 0 unspecified atom stereocenters. The van der Waals surface area contributed by atoms with Crippen LogP contribution in [0.4, 0.5) is 0 Å². The smallest absolute Gasteiger partial charge is 0.229 e. The number of carbonyl (C=O) groups is 3. The SMILES string of the molecule is O=C(CCN1C(=O)CCC1=O)N[C@H]1C=CCCC1. The molecule has 5 nitrogen and oxygen atoms in total. The normalized spacial score (nSPS) is 23.6.